The molecule has 0 heterocycles. The van der Waals surface area contributed by atoms with Gasteiger partial charge in [0.15, 0.2) is 5.78 Å². The zero-order valence-electron chi connectivity index (χ0n) is 7.63. The van der Waals surface area contributed by atoms with Crippen LogP contribution in [0.5, 0.6) is 0 Å². The summed E-state index contributed by atoms with van der Waals surface area (Å²) >= 11 is 0. The first-order chi connectivity index (χ1) is 6.16. The molecule has 0 radical (unpaired) electrons. The van der Waals surface area contributed by atoms with Crippen LogP contribution in [0.3, 0.4) is 0 Å². The molecular formula is C9H12N2O2. The van der Waals surface area contributed by atoms with Crippen LogP contribution in [-0.4, -0.2) is 12.9 Å². The van der Waals surface area contributed by atoms with E-state index in [9.17, 15) is 4.79 Å². The lowest BCUT2D eigenvalue weighted by Gasteiger charge is -2.08. The number of nitrogens with one attached hydrogen (secondary N) is 1. The van der Waals surface area contributed by atoms with Gasteiger partial charge in [0.1, 0.15) is 0 Å². The third kappa shape index (κ3) is 1.97. The first kappa shape index (κ1) is 9.54. The minimum absolute atomic E-state index is 0.0581. The lowest BCUT2D eigenvalue weighted by atomic mass is 10.1. The Bertz CT molecular complexity index is 323. The number of benzene rings is 1. The molecule has 0 atom stereocenters. The minimum atomic E-state index is -0.0581. The van der Waals surface area contributed by atoms with Gasteiger partial charge in [-0.05, 0) is 19.1 Å². The van der Waals surface area contributed by atoms with E-state index in [0.717, 1.165) is 0 Å². The summed E-state index contributed by atoms with van der Waals surface area (Å²) in [4.78, 5) is 15.8. The average Bonchev–Trinajstić information content (AvgIpc) is 2.08. The maximum atomic E-state index is 11.1. The van der Waals surface area contributed by atoms with Gasteiger partial charge in [0, 0.05) is 5.56 Å². The van der Waals surface area contributed by atoms with E-state index < -0.39 is 0 Å². The predicted molar refractivity (Wildman–Crippen MR) is 51.5 cm³/mol. The number of anilines is 2. The summed E-state index contributed by atoms with van der Waals surface area (Å²) < 4.78 is 0. The topological polar surface area (TPSA) is 64.3 Å². The Kier molecular flexibility index (Phi) is 2.87. The largest absolute Gasteiger partial charge is 0.396 e. The highest BCUT2D eigenvalue weighted by molar-refractivity contribution is 6.01. The van der Waals surface area contributed by atoms with Crippen LogP contribution >= 0.6 is 0 Å². The fourth-order valence-electron chi connectivity index (χ4n) is 1.07. The van der Waals surface area contributed by atoms with Gasteiger partial charge >= 0.3 is 0 Å². The minimum Gasteiger partial charge on any atom is -0.396 e. The van der Waals surface area contributed by atoms with Crippen molar-refractivity contribution >= 4 is 17.2 Å². The highest BCUT2D eigenvalue weighted by Gasteiger charge is 2.07. The van der Waals surface area contributed by atoms with E-state index in [-0.39, 0.29) is 5.78 Å². The predicted octanol–water partition coefficient (Wildman–Crippen LogP) is 1.44. The Morgan fingerprint density at radius 1 is 1.54 bits per heavy atom. The number of hydrogen-bond acceptors (Lipinski definition) is 4. The maximum absolute atomic E-state index is 11.1. The number of nitrogens with two attached hydrogens (primary N) is 1. The third-order valence-electron chi connectivity index (χ3n) is 1.70. The summed E-state index contributed by atoms with van der Waals surface area (Å²) in [6, 6.07) is 5.16. The van der Waals surface area contributed by atoms with Crippen LogP contribution in [0, 0.1) is 0 Å². The van der Waals surface area contributed by atoms with Gasteiger partial charge in [-0.3, -0.25) is 15.1 Å². The zero-order valence-corrected chi connectivity index (χ0v) is 7.63. The number of carbonyl (C=O) groups is 1. The average molecular weight is 180 g/mol. The van der Waals surface area contributed by atoms with Crippen LogP contribution in [0.15, 0.2) is 18.2 Å². The molecule has 0 saturated carbocycles. The molecule has 4 heteroatoms. The summed E-state index contributed by atoms with van der Waals surface area (Å²) in [5.74, 6) is -0.0581. The molecule has 0 saturated heterocycles. The summed E-state index contributed by atoms with van der Waals surface area (Å²) in [6.07, 6.45) is 0. The normalized spacial score (nSPS) is 9.69. The van der Waals surface area contributed by atoms with Crippen molar-refractivity contribution in [2.24, 2.45) is 0 Å². The van der Waals surface area contributed by atoms with E-state index in [1.807, 2.05) is 0 Å². The third-order valence-corrected chi connectivity index (χ3v) is 1.70. The number of ketones is 1. The second kappa shape index (κ2) is 3.91. The van der Waals surface area contributed by atoms with Crippen molar-refractivity contribution in [2.75, 3.05) is 18.3 Å². The molecule has 1 aromatic carbocycles. The fourth-order valence-corrected chi connectivity index (χ4v) is 1.07. The van der Waals surface area contributed by atoms with Gasteiger partial charge in [0.2, 0.25) is 0 Å². The second-order valence-electron chi connectivity index (χ2n) is 2.63. The molecule has 1 rings (SSSR count). The van der Waals surface area contributed by atoms with E-state index >= 15 is 0 Å². The summed E-state index contributed by atoms with van der Waals surface area (Å²) in [7, 11) is 1.49. The van der Waals surface area contributed by atoms with E-state index in [4.69, 9.17) is 10.6 Å². The maximum Gasteiger partial charge on any atom is 0.161 e. The SMILES string of the molecule is CONc1cccc(C(C)=O)c1N. The van der Waals surface area contributed by atoms with Gasteiger partial charge in [-0.1, -0.05) is 6.07 Å². The van der Waals surface area contributed by atoms with E-state index in [1.165, 1.54) is 14.0 Å². The molecule has 0 unspecified atom stereocenters. The summed E-state index contributed by atoms with van der Waals surface area (Å²) in [5.41, 5.74) is 9.82. The van der Waals surface area contributed by atoms with Crippen molar-refractivity contribution in [3.8, 4) is 0 Å². The monoisotopic (exact) mass is 180 g/mol. The van der Waals surface area contributed by atoms with E-state index in [1.54, 1.807) is 18.2 Å². The fraction of sp³-hybridized carbons (Fsp3) is 0.222. The molecule has 0 aliphatic carbocycles. The molecule has 70 valence electrons. The zero-order chi connectivity index (χ0) is 9.84. The Hall–Kier alpha value is -1.55. The van der Waals surface area contributed by atoms with Crippen LogP contribution in [-0.2, 0) is 4.84 Å². The van der Waals surface area contributed by atoms with Gasteiger partial charge in [-0.15, -0.1) is 0 Å². The summed E-state index contributed by atoms with van der Waals surface area (Å²) in [5, 5.41) is 0. The molecule has 13 heavy (non-hydrogen) atoms. The van der Waals surface area contributed by atoms with Crippen LogP contribution in [0.2, 0.25) is 0 Å². The molecule has 0 aromatic heterocycles. The Balaban J connectivity index is 3.10. The molecule has 0 bridgehead atoms. The number of Topliss-reactive ketones (excluding diaryl/α,β-unsaturated/α-hetero) is 1. The lowest BCUT2D eigenvalue weighted by Crippen LogP contribution is -2.05. The molecule has 0 spiro atoms. The smallest absolute Gasteiger partial charge is 0.161 e. The quantitative estimate of drug-likeness (QED) is 0.419. The van der Waals surface area contributed by atoms with Crippen molar-refractivity contribution < 1.29 is 9.63 Å². The van der Waals surface area contributed by atoms with Gasteiger partial charge in [-0.25, -0.2) is 0 Å². The molecule has 0 fully saturated rings. The Labute approximate surface area is 76.6 Å². The van der Waals surface area contributed by atoms with Gasteiger partial charge in [0.25, 0.3) is 0 Å². The standard InChI is InChI=1S/C9H12N2O2/c1-6(12)7-4-3-5-8(9(7)10)11-13-2/h3-5,11H,10H2,1-2H3. The Morgan fingerprint density at radius 2 is 2.23 bits per heavy atom. The number of rotatable bonds is 3. The van der Waals surface area contributed by atoms with Crippen molar-refractivity contribution in [1.82, 2.24) is 0 Å². The molecule has 0 amide bonds. The second-order valence-corrected chi connectivity index (χ2v) is 2.63. The van der Waals surface area contributed by atoms with E-state index in [0.29, 0.717) is 16.9 Å². The van der Waals surface area contributed by atoms with Gasteiger partial charge in [0.05, 0.1) is 18.5 Å². The first-order valence-corrected chi connectivity index (χ1v) is 3.85. The lowest BCUT2D eigenvalue weighted by molar-refractivity contribution is 0.101. The van der Waals surface area contributed by atoms with Crippen molar-refractivity contribution in [2.45, 2.75) is 6.92 Å². The van der Waals surface area contributed by atoms with Crippen LogP contribution in [0.25, 0.3) is 0 Å². The van der Waals surface area contributed by atoms with Crippen LogP contribution in [0.4, 0.5) is 11.4 Å². The number of nitrogen functional groups attached to an aromatic ring is 1. The molecule has 0 aliphatic heterocycles. The Morgan fingerprint density at radius 3 is 2.77 bits per heavy atom. The molecule has 1 aromatic rings. The molecular weight excluding hydrogens is 168 g/mol. The number of carbonyl (C=O) groups excluding carboxylic acids is 1. The van der Waals surface area contributed by atoms with Crippen molar-refractivity contribution in [3.05, 3.63) is 23.8 Å². The first-order valence-electron chi connectivity index (χ1n) is 3.85. The number of hydrogen-bond donors (Lipinski definition) is 2. The molecule has 0 aliphatic rings. The van der Waals surface area contributed by atoms with Gasteiger partial charge in [-0.2, -0.15) is 0 Å². The van der Waals surface area contributed by atoms with Crippen LogP contribution < -0.4 is 11.2 Å². The number of para-hydroxylation sites is 1. The van der Waals surface area contributed by atoms with Gasteiger partial charge < -0.3 is 5.73 Å². The molecule has 4 nitrogen and oxygen atoms in total. The van der Waals surface area contributed by atoms with Crippen molar-refractivity contribution in [3.63, 3.8) is 0 Å². The van der Waals surface area contributed by atoms with E-state index in [2.05, 4.69) is 5.48 Å². The highest BCUT2D eigenvalue weighted by Crippen LogP contribution is 2.22. The van der Waals surface area contributed by atoms with Crippen LogP contribution in [0.1, 0.15) is 17.3 Å². The highest BCUT2D eigenvalue weighted by atomic mass is 16.6. The van der Waals surface area contributed by atoms with Crippen molar-refractivity contribution in [1.29, 1.82) is 0 Å². The summed E-state index contributed by atoms with van der Waals surface area (Å²) in [6.45, 7) is 1.47. The molecule has 3 N–H and O–H groups in total.